The summed E-state index contributed by atoms with van der Waals surface area (Å²) in [7, 11) is 0. The molecule has 0 unspecified atom stereocenters. The van der Waals surface area contributed by atoms with Gasteiger partial charge in [-0.3, -0.25) is 0 Å². The molecule has 16 heavy (non-hydrogen) atoms. The molecule has 0 amide bonds. The Morgan fingerprint density at radius 1 is 1.38 bits per heavy atom. The second kappa shape index (κ2) is 4.02. The van der Waals surface area contributed by atoms with Gasteiger partial charge in [0.1, 0.15) is 17.3 Å². The number of aromatic nitrogens is 2. The maximum absolute atomic E-state index is 13.4. The van der Waals surface area contributed by atoms with Crippen LogP contribution in [-0.2, 0) is 6.61 Å². The van der Waals surface area contributed by atoms with Crippen LogP contribution in [0.25, 0.3) is 5.69 Å². The number of rotatable bonds is 2. The lowest BCUT2D eigenvalue weighted by Gasteiger charge is -2.02. The van der Waals surface area contributed by atoms with Crippen molar-refractivity contribution in [1.29, 1.82) is 0 Å². The third kappa shape index (κ3) is 1.81. The number of benzene rings is 1. The fraction of sp³-hybridized carbons (Fsp3) is 0.182. The summed E-state index contributed by atoms with van der Waals surface area (Å²) in [6.07, 6.45) is 1.48. The van der Waals surface area contributed by atoms with Gasteiger partial charge in [0.05, 0.1) is 12.3 Å². The van der Waals surface area contributed by atoms with Gasteiger partial charge in [0.15, 0.2) is 0 Å². The fourth-order valence-electron chi connectivity index (χ4n) is 1.44. The van der Waals surface area contributed by atoms with Crippen molar-refractivity contribution in [2.45, 2.75) is 13.5 Å². The normalized spacial score (nSPS) is 10.8. The van der Waals surface area contributed by atoms with E-state index in [0.29, 0.717) is 11.3 Å². The Morgan fingerprint density at radius 2 is 2.12 bits per heavy atom. The monoisotopic (exact) mass is 224 g/mol. The van der Waals surface area contributed by atoms with E-state index in [4.69, 9.17) is 5.11 Å². The highest BCUT2D eigenvalue weighted by Gasteiger charge is 2.10. The van der Waals surface area contributed by atoms with Crippen molar-refractivity contribution in [1.82, 2.24) is 9.78 Å². The van der Waals surface area contributed by atoms with Crippen molar-refractivity contribution in [3.8, 4) is 5.69 Å². The minimum absolute atomic E-state index is 0.0304. The topological polar surface area (TPSA) is 38.0 Å². The lowest BCUT2D eigenvalue weighted by Crippen LogP contribution is -1.99. The van der Waals surface area contributed by atoms with E-state index in [2.05, 4.69) is 5.10 Å². The molecule has 1 aromatic carbocycles. The minimum atomic E-state index is -0.562. The van der Waals surface area contributed by atoms with Gasteiger partial charge in [-0.25, -0.2) is 13.5 Å². The van der Waals surface area contributed by atoms with Crippen molar-refractivity contribution in [2.75, 3.05) is 0 Å². The third-order valence-electron chi connectivity index (χ3n) is 2.33. The predicted molar refractivity (Wildman–Crippen MR) is 54.1 cm³/mol. The summed E-state index contributed by atoms with van der Waals surface area (Å²) in [4.78, 5) is 0. The van der Waals surface area contributed by atoms with Crippen molar-refractivity contribution in [3.63, 3.8) is 0 Å². The van der Waals surface area contributed by atoms with Crippen molar-refractivity contribution in [2.24, 2.45) is 0 Å². The molecule has 84 valence electrons. The van der Waals surface area contributed by atoms with Crippen LogP contribution < -0.4 is 0 Å². The molecule has 0 aliphatic heterocycles. The Balaban J connectivity index is 2.53. The number of hydrogen-bond donors (Lipinski definition) is 1. The van der Waals surface area contributed by atoms with Gasteiger partial charge in [-0.15, -0.1) is 0 Å². The zero-order valence-corrected chi connectivity index (χ0v) is 8.61. The maximum Gasteiger partial charge on any atom is 0.149 e. The van der Waals surface area contributed by atoms with E-state index >= 15 is 0 Å². The smallest absolute Gasteiger partial charge is 0.149 e. The molecular formula is C11H10F2N2O. The molecule has 1 N–H and O–H groups in total. The molecular weight excluding hydrogens is 214 g/mol. The Hall–Kier alpha value is -1.75. The van der Waals surface area contributed by atoms with Gasteiger partial charge in [0.25, 0.3) is 0 Å². The lowest BCUT2D eigenvalue weighted by atomic mass is 10.3. The van der Waals surface area contributed by atoms with Crippen LogP contribution in [0.1, 0.15) is 11.3 Å². The molecule has 0 aliphatic rings. The molecule has 0 fully saturated rings. The molecule has 2 aromatic rings. The molecule has 1 aromatic heterocycles. The van der Waals surface area contributed by atoms with Gasteiger partial charge in [0.2, 0.25) is 0 Å². The number of halogens is 2. The zero-order valence-electron chi connectivity index (χ0n) is 8.61. The zero-order chi connectivity index (χ0) is 11.7. The number of aryl methyl sites for hydroxylation is 1. The first-order chi connectivity index (χ1) is 7.61. The first-order valence-corrected chi connectivity index (χ1v) is 4.73. The predicted octanol–water partition coefficient (Wildman–Crippen LogP) is 1.95. The maximum atomic E-state index is 13.4. The first-order valence-electron chi connectivity index (χ1n) is 4.73. The molecule has 2 rings (SSSR count). The number of aliphatic hydroxyl groups excluding tert-OH is 1. The van der Waals surface area contributed by atoms with Crippen molar-refractivity contribution < 1.29 is 13.9 Å². The Labute approximate surface area is 91.0 Å². The second-order valence-electron chi connectivity index (χ2n) is 3.44. The largest absolute Gasteiger partial charge is 0.392 e. The molecule has 0 saturated carbocycles. The van der Waals surface area contributed by atoms with Crippen LogP contribution in [-0.4, -0.2) is 14.9 Å². The summed E-state index contributed by atoms with van der Waals surface area (Å²) in [6.45, 7) is 1.52. The first kappa shape index (κ1) is 10.8. The van der Waals surface area contributed by atoms with Gasteiger partial charge < -0.3 is 5.11 Å². The summed E-state index contributed by atoms with van der Waals surface area (Å²) < 4.78 is 27.6. The summed E-state index contributed by atoms with van der Waals surface area (Å²) in [5.74, 6) is -1.09. The summed E-state index contributed by atoms with van der Waals surface area (Å²) in [5, 5.41) is 13.0. The van der Waals surface area contributed by atoms with Crippen LogP contribution in [0.2, 0.25) is 0 Å². The number of hydrogen-bond acceptors (Lipinski definition) is 2. The number of aliphatic hydroxyl groups is 1. The quantitative estimate of drug-likeness (QED) is 0.846. The molecule has 1 heterocycles. The van der Waals surface area contributed by atoms with E-state index in [0.717, 1.165) is 18.2 Å². The second-order valence-corrected chi connectivity index (χ2v) is 3.44. The minimum Gasteiger partial charge on any atom is -0.392 e. The average Bonchev–Trinajstić information content (AvgIpc) is 2.63. The van der Waals surface area contributed by atoms with Gasteiger partial charge in [0, 0.05) is 17.8 Å². The van der Waals surface area contributed by atoms with E-state index in [-0.39, 0.29) is 12.3 Å². The van der Waals surface area contributed by atoms with Crippen LogP contribution in [0.5, 0.6) is 0 Å². The van der Waals surface area contributed by atoms with Crippen molar-refractivity contribution >= 4 is 0 Å². The Morgan fingerprint density at radius 3 is 2.75 bits per heavy atom. The molecule has 0 spiro atoms. The molecule has 0 aliphatic carbocycles. The van der Waals surface area contributed by atoms with E-state index in [1.54, 1.807) is 6.92 Å². The van der Waals surface area contributed by atoms with Crippen LogP contribution in [0.15, 0.2) is 24.4 Å². The van der Waals surface area contributed by atoms with Gasteiger partial charge >= 0.3 is 0 Å². The van der Waals surface area contributed by atoms with Gasteiger partial charge in [-0.2, -0.15) is 5.10 Å². The van der Waals surface area contributed by atoms with E-state index in [1.807, 2.05) is 0 Å². The van der Waals surface area contributed by atoms with Crippen molar-refractivity contribution in [3.05, 3.63) is 47.3 Å². The number of nitrogens with zero attached hydrogens (tertiary/aromatic N) is 2. The fourth-order valence-corrected chi connectivity index (χ4v) is 1.44. The Bertz CT molecular complexity index is 523. The SMILES string of the molecule is Cc1nn(-c2cc(F)ccc2F)cc1CO. The van der Waals surface area contributed by atoms with E-state index < -0.39 is 11.6 Å². The summed E-state index contributed by atoms with van der Waals surface area (Å²) in [5.41, 5.74) is 1.21. The van der Waals surface area contributed by atoms with Gasteiger partial charge in [-0.05, 0) is 19.1 Å². The van der Waals surface area contributed by atoms with E-state index in [1.165, 1.54) is 10.9 Å². The van der Waals surface area contributed by atoms with E-state index in [9.17, 15) is 8.78 Å². The highest BCUT2D eigenvalue weighted by molar-refractivity contribution is 5.34. The van der Waals surface area contributed by atoms with Crippen LogP contribution in [0.4, 0.5) is 8.78 Å². The molecule has 0 radical (unpaired) electrons. The molecule has 0 bridgehead atoms. The van der Waals surface area contributed by atoms with Gasteiger partial charge in [-0.1, -0.05) is 0 Å². The Kier molecular flexibility index (Phi) is 2.70. The van der Waals surface area contributed by atoms with Crippen LogP contribution >= 0.6 is 0 Å². The highest BCUT2D eigenvalue weighted by atomic mass is 19.1. The molecule has 3 nitrogen and oxygen atoms in total. The highest BCUT2D eigenvalue weighted by Crippen LogP contribution is 2.16. The standard InChI is InChI=1S/C11H10F2N2O/c1-7-8(6-16)5-15(14-7)11-4-9(12)2-3-10(11)13/h2-5,16H,6H2,1H3. The van der Waals surface area contributed by atoms with Crippen LogP contribution in [0, 0.1) is 18.6 Å². The average molecular weight is 224 g/mol. The van der Waals surface area contributed by atoms with Crippen LogP contribution in [0.3, 0.4) is 0 Å². The molecule has 0 atom stereocenters. The lowest BCUT2D eigenvalue weighted by molar-refractivity contribution is 0.281. The summed E-state index contributed by atoms with van der Waals surface area (Å²) >= 11 is 0. The summed E-state index contributed by atoms with van der Waals surface area (Å²) in [6, 6.07) is 3.14. The molecule has 5 heteroatoms. The third-order valence-corrected chi connectivity index (χ3v) is 2.33. The molecule has 0 saturated heterocycles.